The van der Waals surface area contributed by atoms with Gasteiger partial charge in [-0.25, -0.2) is 4.79 Å². The summed E-state index contributed by atoms with van der Waals surface area (Å²) in [6.45, 7) is -0.467. The molecule has 1 heterocycles. The number of phenols is 1. The number of ether oxygens (including phenoxy) is 1. The number of aromatic hydroxyl groups is 1. The molecule has 2 aromatic rings. The molecule has 2 amide bonds. The number of nitrogens with one attached hydrogen (secondary N) is 1. The van der Waals surface area contributed by atoms with Crippen LogP contribution in [0.4, 0.5) is 9.80 Å². The molecule has 0 spiro atoms. The number of nitrogens with two attached hydrogens (primary N) is 1. The van der Waals surface area contributed by atoms with Crippen molar-refractivity contribution in [1.82, 2.24) is 0 Å². The quantitative estimate of drug-likeness (QED) is 0.589. The highest BCUT2D eigenvalue weighted by atomic mass is 79.9. The fraction of sp³-hybridized carbons (Fsp3) is 0.167. The number of rotatable bonds is 3. The van der Waals surface area contributed by atoms with E-state index < -0.39 is 22.4 Å². The topological polar surface area (TPSA) is 102 Å². The SMILES string of the molecule is NC(=O)c1c(NC(=O)OCC(Cl)(Cl)Cl)sc2c(Br)c(O)ccc12. The number of halogens is 4. The van der Waals surface area contributed by atoms with E-state index in [-0.39, 0.29) is 16.3 Å². The summed E-state index contributed by atoms with van der Waals surface area (Å²) in [7, 11) is 0. The summed E-state index contributed by atoms with van der Waals surface area (Å²) in [5, 5.41) is 12.7. The standard InChI is InChI=1S/C12H8BrCl3N2O4S/c13-7-5(19)2-1-4-6(9(17)20)10(23-8(4)7)18-11(21)22-3-12(14,15)16/h1-2,19H,3H2,(H2,17,20)(H,18,21). The number of primary amides is 1. The van der Waals surface area contributed by atoms with Crippen molar-refractivity contribution in [3.8, 4) is 5.75 Å². The molecule has 1 aromatic carbocycles. The van der Waals surface area contributed by atoms with Crippen LogP contribution in [0.25, 0.3) is 10.1 Å². The van der Waals surface area contributed by atoms with E-state index in [1.165, 1.54) is 12.1 Å². The van der Waals surface area contributed by atoms with Crippen LogP contribution < -0.4 is 11.1 Å². The minimum atomic E-state index is -1.75. The summed E-state index contributed by atoms with van der Waals surface area (Å²) >= 11 is 20.7. The predicted molar refractivity (Wildman–Crippen MR) is 95.0 cm³/mol. The molecule has 0 aliphatic heterocycles. The Hall–Kier alpha value is -0.930. The molecule has 0 radical (unpaired) electrons. The highest BCUT2D eigenvalue weighted by molar-refractivity contribution is 9.10. The molecule has 4 N–H and O–H groups in total. The van der Waals surface area contributed by atoms with Crippen LogP contribution in [0.15, 0.2) is 16.6 Å². The Morgan fingerprint density at radius 1 is 1.39 bits per heavy atom. The van der Waals surface area contributed by atoms with Gasteiger partial charge in [0.05, 0.1) is 14.7 Å². The van der Waals surface area contributed by atoms with Gasteiger partial charge in [0, 0.05) is 5.39 Å². The molecular weight excluding hydrogens is 454 g/mol. The van der Waals surface area contributed by atoms with Crippen LogP contribution in [0.5, 0.6) is 5.75 Å². The molecule has 11 heteroatoms. The van der Waals surface area contributed by atoms with Gasteiger partial charge in [0.1, 0.15) is 17.4 Å². The van der Waals surface area contributed by atoms with Crippen LogP contribution >= 0.6 is 62.1 Å². The van der Waals surface area contributed by atoms with Gasteiger partial charge in [-0.05, 0) is 28.1 Å². The zero-order valence-corrected chi connectivity index (χ0v) is 15.7. The first-order valence-corrected chi connectivity index (χ1v) is 8.59. The fourth-order valence-electron chi connectivity index (χ4n) is 1.73. The maximum Gasteiger partial charge on any atom is 0.412 e. The van der Waals surface area contributed by atoms with E-state index in [4.69, 9.17) is 45.3 Å². The van der Waals surface area contributed by atoms with Crippen LogP contribution in [0.3, 0.4) is 0 Å². The average molecular weight is 463 g/mol. The summed E-state index contributed by atoms with van der Waals surface area (Å²) < 4.78 is 3.91. The zero-order valence-electron chi connectivity index (χ0n) is 11.0. The smallest absolute Gasteiger partial charge is 0.412 e. The number of carbonyl (C=O) groups excluding carboxylic acids is 2. The molecule has 0 fully saturated rings. The molecule has 2 rings (SSSR count). The lowest BCUT2D eigenvalue weighted by molar-refractivity contribution is 0.100. The minimum Gasteiger partial charge on any atom is -0.507 e. The number of fused-ring (bicyclic) bond motifs is 1. The number of amides is 2. The number of hydrogen-bond donors (Lipinski definition) is 3. The van der Waals surface area contributed by atoms with Crippen molar-refractivity contribution in [2.24, 2.45) is 5.73 Å². The van der Waals surface area contributed by atoms with Crippen molar-refractivity contribution in [3.63, 3.8) is 0 Å². The third-order valence-corrected chi connectivity index (χ3v) is 5.14. The van der Waals surface area contributed by atoms with Crippen LogP contribution in [-0.2, 0) is 4.74 Å². The van der Waals surface area contributed by atoms with Gasteiger partial charge in [0.25, 0.3) is 5.91 Å². The van der Waals surface area contributed by atoms with Crippen LogP contribution in [0.1, 0.15) is 10.4 Å². The normalized spacial score (nSPS) is 11.5. The molecule has 0 saturated carbocycles. The third kappa shape index (κ3) is 4.33. The van der Waals surface area contributed by atoms with Crippen LogP contribution in [-0.4, -0.2) is 27.5 Å². The fourth-order valence-corrected chi connectivity index (χ4v) is 3.60. The first-order valence-electron chi connectivity index (χ1n) is 5.84. The van der Waals surface area contributed by atoms with Crippen molar-refractivity contribution in [2.75, 3.05) is 11.9 Å². The molecule has 6 nitrogen and oxygen atoms in total. The highest BCUT2D eigenvalue weighted by Crippen LogP contribution is 2.43. The average Bonchev–Trinajstić information content (AvgIpc) is 2.79. The first kappa shape index (κ1) is 18.4. The predicted octanol–water partition coefficient (Wildman–Crippen LogP) is 4.39. The number of hydrogen-bond acceptors (Lipinski definition) is 5. The third-order valence-electron chi connectivity index (χ3n) is 2.61. The Bertz CT molecular complexity index is 791. The second kappa shape index (κ2) is 6.90. The molecule has 0 bridgehead atoms. The van der Waals surface area contributed by atoms with E-state index in [0.29, 0.717) is 14.6 Å². The Kier molecular flexibility index (Phi) is 5.52. The highest BCUT2D eigenvalue weighted by Gasteiger charge is 2.24. The monoisotopic (exact) mass is 460 g/mol. The molecule has 0 unspecified atom stereocenters. The van der Waals surface area contributed by atoms with E-state index in [2.05, 4.69) is 21.2 Å². The largest absolute Gasteiger partial charge is 0.507 e. The maximum atomic E-state index is 11.7. The Morgan fingerprint density at radius 2 is 2.04 bits per heavy atom. The van der Waals surface area contributed by atoms with E-state index >= 15 is 0 Å². The molecule has 23 heavy (non-hydrogen) atoms. The molecule has 0 aliphatic rings. The lowest BCUT2D eigenvalue weighted by Crippen LogP contribution is -2.22. The van der Waals surface area contributed by atoms with Crippen molar-refractivity contribution in [2.45, 2.75) is 3.79 Å². The number of anilines is 1. The number of benzene rings is 1. The Balaban J connectivity index is 2.37. The number of phenolic OH excluding ortho intramolecular Hbond substituents is 1. The summed E-state index contributed by atoms with van der Waals surface area (Å²) in [6.07, 6.45) is -0.911. The first-order chi connectivity index (χ1) is 10.6. The number of thiophene rings is 1. The lowest BCUT2D eigenvalue weighted by Gasteiger charge is -2.11. The molecule has 124 valence electrons. The molecule has 0 aliphatic carbocycles. The van der Waals surface area contributed by atoms with Crippen LogP contribution in [0, 0.1) is 0 Å². The Labute approximate surface area is 157 Å². The van der Waals surface area contributed by atoms with Crippen molar-refractivity contribution >= 4 is 89.2 Å². The van der Waals surface area contributed by atoms with E-state index in [1.807, 2.05) is 0 Å². The summed E-state index contributed by atoms with van der Waals surface area (Å²) in [5.41, 5.74) is 5.46. The number of alkyl halides is 3. The maximum absolute atomic E-state index is 11.7. The van der Waals surface area contributed by atoms with Crippen molar-refractivity contribution in [3.05, 3.63) is 22.2 Å². The van der Waals surface area contributed by atoms with Gasteiger partial charge in [0.15, 0.2) is 0 Å². The van der Waals surface area contributed by atoms with E-state index in [9.17, 15) is 14.7 Å². The lowest BCUT2D eigenvalue weighted by atomic mass is 10.1. The molecular formula is C12H8BrCl3N2O4S. The van der Waals surface area contributed by atoms with Crippen molar-refractivity contribution < 1.29 is 19.4 Å². The summed E-state index contributed by atoms with van der Waals surface area (Å²) in [6, 6.07) is 2.92. The van der Waals surface area contributed by atoms with Gasteiger partial charge in [-0.2, -0.15) is 0 Å². The second-order valence-electron chi connectivity index (χ2n) is 4.26. The number of carbonyl (C=O) groups is 2. The van der Waals surface area contributed by atoms with E-state index in [0.717, 1.165) is 11.3 Å². The van der Waals surface area contributed by atoms with Crippen LogP contribution in [0.2, 0.25) is 0 Å². The summed E-state index contributed by atoms with van der Waals surface area (Å²) in [4.78, 5) is 23.4. The second-order valence-corrected chi connectivity index (χ2v) is 8.59. The van der Waals surface area contributed by atoms with Gasteiger partial charge in [-0.15, -0.1) is 11.3 Å². The van der Waals surface area contributed by atoms with Gasteiger partial charge in [0.2, 0.25) is 3.79 Å². The molecule has 0 atom stereocenters. The molecule has 1 aromatic heterocycles. The molecule has 0 saturated heterocycles. The van der Waals surface area contributed by atoms with Gasteiger partial charge in [-0.1, -0.05) is 34.8 Å². The van der Waals surface area contributed by atoms with Crippen molar-refractivity contribution in [1.29, 1.82) is 0 Å². The zero-order chi connectivity index (χ0) is 17.4. The van der Waals surface area contributed by atoms with Gasteiger partial charge in [-0.3, -0.25) is 10.1 Å². The van der Waals surface area contributed by atoms with Gasteiger partial charge >= 0.3 is 6.09 Å². The van der Waals surface area contributed by atoms with E-state index in [1.54, 1.807) is 0 Å². The minimum absolute atomic E-state index is 0.0138. The van der Waals surface area contributed by atoms with Gasteiger partial charge < -0.3 is 15.6 Å². The summed E-state index contributed by atoms with van der Waals surface area (Å²) in [5.74, 6) is -0.759. The Morgan fingerprint density at radius 3 is 2.61 bits per heavy atom.